The van der Waals surface area contributed by atoms with E-state index in [1.165, 1.54) is 0 Å². The van der Waals surface area contributed by atoms with Gasteiger partial charge in [-0.15, -0.1) is 10.2 Å². The molecule has 0 saturated heterocycles. The summed E-state index contributed by atoms with van der Waals surface area (Å²) < 4.78 is 5.53. The minimum Gasteiger partial charge on any atom is -0.421 e. The number of carbonyl (C=O) groups excluding carboxylic acids is 2. The molecule has 2 N–H and O–H groups in total. The van der Waals surface area contributed by atoms with Crippen molar-refractivity contribution in [3.05, 3.63) is 58.6 Å². The summed E-state index contributed by atoms with van der Waals surface area (Å²) >= 11 is 1.55. The van der Waals surface area contributed by atoms with Gasteiger partial charge in [0.05, 0.1) is 0 Å². The number of nitrogens with one attached hydrogen (secondary N) is 2. The number of benzene rings is 1. The zero-order valence-electron chi connectivity index (χ0n) is 14.0. The van der Waals surface area contributed by atoms with Crippen molar-refractivity contribution in [3.8, 4) is 11.5 Å². The fraction of sp³-hybridized carbons (Fsp3) is 0.222. The Morgan fingerprint density at radius 3 is 2.62 bits per heavy atom. The molecule has 3 rings (SSSR count). The minimum atomic E-state index is -0.160. The van der Waals surface area contributed by atoms with E-state index in [0.717, 1.165) is 5.56 Å². The summed E-state index contributed by atoms with van der Waals surface area (Å²) in [6, 6.07) is 10.8. The van der Waals surface area contributed by atoms with E-state index in [9.17, 15) is 9.59 Å². The molecule has 0 aliphatic rings. The molecule has 0 saturated carbocycles. The van der Waals surface area contributed by atoms with Crippen molar-refractivity contribution < 1.29 is 14.0 Å². The van der Waals surface area contributed by atoms with Crippen molar-refractivity contribution in [2.24, 2.45) is 0 Å². The van der Waals surface area contributed by atoms with Crippen molar-refractivity contribution in [2.45, 2.75) is 12.8 Å². The van der Waals surface area contributed by atoms with Crippen molar-refractivity contribution >= 4 is 23.2 Å². The third-order valence-electron chi connectivity index (χ3n) is 3.57. The number of aromatic nitrogens is 2. The topological polar surface area (TPSA) is 97.1 Å². The molecular weight excluding hydrogens is 352 g/mol. The van der Waals surface area contributed by atoms with Crippen LogP contribution in [0.5, 0.6) is 0 Å². The van der Waals surface area contributed by atoms with Crippen LogP contribution >= 0.6 is 11.3 Å². The molecule has 8 heteroatoms. The lowest BCUT2D eigenvalue weighted by Gasteiger charge is -2.06. The molecule has 7 nitrogen and oxygen atoms in total. The molecule has 0 fully saturated rings. The smallest absolute Gasteiger partial charge is 0.251 e. The first kappa shape index (κ1) is 17.8. The molecule has 0 bridgehead atoms. The largest absolute Gasteiger partial charge is 0.421 e. The third-order valence-corrected chi connectivity index (χ3v) is 4.25. The Labute approximate surface area is 154 Å². The van der Waals surface area contributed by atoms with Gasteiger partial charge in [0.25, 0.3) is 5.91 Å². The molecular formula is C18H18N4O3S. The Balaban J connectivity index is 1.34. The van der Waals surface area contributed by atoms with Gasteiger partial charge in [0.1, 0.15) is 0 Å². The van der Waals surface area contributed by atoms with Crippen LogP contribution in [0.4, 0.5) is 0 Å². The molecule has 0 radical (unpaired) electrons. The van der Waals surface area contributed by atoms with Gasteiger partial charge in [-0.05, 0) is 23.6 Å². The first-order valence-corrected chi connectivity index (χ1v) is 9.11. The summed E-state index contributed by atoms with van der Waals surface area (Å²) in [5.41, 5.74) is 1.48. The van der Waals surface area contributed by atoms with E-state index < -0.39 is 0 Å². The van der Waals surface area contributed by atoms with Gasteiger partial charge in [0, 0.05) is 42.4 Å². The standard InChI is InChI=1S/C18H18N4O3S/c23-15(19-9-10-20-17(24)13-4-2-1-3-5-13)6-7-16-21-22-18(25-16)14-8-11-26-12-14/h1-5,8,11-12H,6-7,9-10H2,(H,19,23)(H,20,24). The lowest BCUT2D eigenvalue weighted by atomic mass is 10.2. The van der Waals surface area contributed by atoms with Crippen LogP contribution in [0.2, 0.25) is 0 Å². The van der Waals surface area contributed by atoms with Crippen molar-refractivity contribution in [2.75, 3.05) is 13.1 Å². The summed E-state index contributed by atoms with van der Waals surface area (Å²) in [6.45, 7) is 0.726. The van der Waals surface area contributed by atoms with E-state index in [1.54, 1.807) is 35.6 Å². The molecule has 0 aliphatic heterocycles. The Hall–Kier alpha value is -3.00. The predicted octanol–water partition coefficient (Wildman–Crippen LogP) is 2.28. The first-order chi connectivity index (χ1) is 12.7. The maximum atomic E-state index is 11.9. The molecule has 2 amide bonds. The van der Waals surface area contributed by atoms with Crippen LogP contribution in [-0.4, -0.2) is 35.1 Å². The van der Waals surface area contributed by atoms with Crippen molar-refractivity contribution in [1.29, 1.82) is 0 Å². The average molecular weight is 370 g/mol. The molecule has 0 unspecified atom stereocenters. The highest BCUT2D eigenvalue weighted by Crippen LogP contribution is 2.20. The summed E-state index contributed by atoms with van der Waals surface area (Å²) in [6.07, 6.45) is 0.622. The van der Waals surface area contributed by atoms with Gasteiger partial charge in [-0.1, -0.05) is 18.2 Å². The molecule has 3 aromatic rings. The van der Waals surface area contributed by atoms with Gasteiger partial charge in [-0.25, -0.2) is 0 Å². The molecule has 2 heterocycles. The number of aryl methyl sites for hydroxylation is 1. The van der Waals surface area contributed by atoms with Crippen LogP contribution in [0.1, 0.15) is 22.7 Å². The molecule has 134 valence electrons. The second kappa shape index (κ2) is 8.91. The lowest BCUT2D eigenvalue weighted by molar-refractivity contribution is -0.121. The Bertz CT molecular complexity index is 846. The van der Waals surface area contributed by atoms with Gasteiger partial charge in [-0.2, -0.15) is 11.3 Å². The zero-order chi connectivity index (χ0) is 18.2. The van der Waals surface area contributed by atoms with Crippen LogP contribution in [0.15, 0.2) is 51.6 Å². The van der Waals surface area contributed by atoms with E-state index >= 15 is 0 Å². The minimum absolute atomic E-state index is 0.130. The van der Waals surface area contributed by atoms with Crippen LogP contribution < -0.4 is 10.6 Å². The zero-order valence-corrected chi connectivity index (χ0v) is 14.8. The highest BCUT2D eigenvalue weighted by molar-refractivity contribution is 7.08. The summed E-state index contributed by atoms with van der Waals surface area (Å²) in [7, 11) is 0. The van der Waals surface area contributed by atoms with Gasteiger partial charge >= 0.3 is 0 Å². The molecule has 1 aromatic carbocycles. The lowest BCUT2D eigenvalue weighted by Crippen LogP contribution is -2.34. The highest BCUT2D eigenvalue weighted by Gasteiger charge is 2.11. The molecule has 0 aliphatic carbocycles. The SMILES string of the molecule is O=C(CCc1nnc(-c2ccsc2)o1)NCCNC(=O)c1ccccc1. The maximum absolute atomic E-state index is 11.9. The number of nitrogens with zero attached hydrogens (tertiary/aromatic N) is 2. The maximum Gasteiger partial charge on any atom is 0.251 e. The van der Waals surface area contributed by atoms with E-state index in [0.29, 0.717) is 36.9 Å². The van der Waals surface area contributed by atoms with E-state index in [-0.39, 0.29) is 18.2 Å². The van der Waals surface area contributed by atoms with Gasteiger partial charge in [0.2, 0.25) is 17.7 Å². The van der Waals surface area contributed by atoms with Crippen molar-refractivity contribution in [3.63, 3.8) is 0 Å². The van der Waals surface area contributed by atoms with Crippen LogP contribution in [0.3, 0.4) is 0 Å². The number of carbonyl (C=O) groups is 2. The highest BCUT2D eigenvalue weighted by atomic mass is 32.1. The quantitative estimate of drug-likeness (QED) is 0.593. The van der Waals surface area contributed by atoms with E-state index in [4.69, 9.17) is 4.42 Å². The second-order valence-electron chi connectivity index (χ2n) is 5.48. The van der Waals surface area contributed by atoms with E-state index in [1.807, 2.05) is 22.9 Å². The monoisotopic (exact) mass is 370 g/mol. The van der Waals surface area contributed by atoms with Gasteiger partial charge in [-0.3, -0.25) is 9.59 Å². The molecule has 2 aromatic heterocycles. The summed E-state index contributed by atoms with van der Waals surface area (Å²) in [5.74, 6) is 0.602. The van der Waals surface area contributed by atoms with Gasteiger partial charge < -0.3 is 15.1 Å². The summed E-state index contributed by atoms with van der Waals surface area (Å²) in [5, 5.41) is 17.3. The van der Waals surface area contributed by atoms with Crippen LogP contribution in [0, 0.1) is 0 Å². The van der Waals surface area contributed by atoms with Crippen molar-refractivity contribution in [1.82, 2.24) is 20.8 Å². The molecule has 0 atom stereocenters. The molecule has 0 spiro atoms. The van der Waals surface area contributed by atoms with Crippen LogP contribution in [0.25, 0.3) is 11.5 Å². The normalized spacial score (nSPS) is 10.5. The number of hydrogen-bond acceptors (Lipinski definition) is 6. The van der Waals surface area contributed by atoms with Crippen LogP contribution in [-0.2, 0) is 11.2 Å². The third kappa shape index (κ3) is 5.00. The Morgan fingerprint density at radius 2 is 1.85 bits per heavy atom. The van der Waals surface area contributed by atoms with Gasteiger partial charge in [0.15, 0.2) is 0 Å². The number of thiophene rings is 1. The molecule has 26 heavy (non-hydrogen) atoms. The first-order valence-electron chi connectivity index (χ1n) is 8.17. The fourth-order valence-electron chi connectivity index (χ4n) is 2.24. The number of hydrogen-bond donors (Lipinski definition) is 2. The Morgan fingerprint density at radius 1 is 1.04 bits per heavy atom. The Kier molecular flexibility index (Phi) is 6.10. The number of rotatable bonds is 8. The average Bonchev–Trinajstić information content (AvgIpc) is 3.35. The number of amides is 2. The summed E-state index contributed by atoms with van der Waals surface area (Å²) in [4.78, 5) is 23.7. The van der Waals surface area contributed by atoms with E-state index in [2.05, 4.69) is 20.8 Å². The second-order valence-corrected chi connectivity index (χ2v) is 6.26. The predicted molar refractivity (Wildman–Crippen MR) is 97.7 cm³/mol. The fourth-order valence-corrected chi connectivity index (χ4v) is 2.87.